The fourth-order valence-corrected chi connectivity index (χ4v) is 6.45. The summed E-state index contributed by atoms with van der Waals surface area (Å²) in [6.07, 6.45) is 10.8. The van der Waals surface area contributed by atoms with Gasteiger partial charge in [0, 0.05) is 23.7 Å². The zero-order valence-electron chi connectivity index (χ0n) is 20.1. The van der Waals surface area contributed by atoms with Gasteiger partial charge in [-0.2, -0.15) is 0 Å². The minimum atomic E-state index is -0.923. The summed E-state index contributed by atoms with van der Waals surface area (Å²) >= 11 is 0. The van der Waals surface area contributed by atoms with Gasteiger partial charge in [0.05, 0.1) is 5.56 Å². The summed E-state index contributed by atoms with van der Waals surface area (Å²) in [7, 11) is 0. The van der Waals surface area contributed by atoms with E-state index in [2.05, 4.69) is 57.8 Å². The first-order chi connectivity index (χ1) is 15.0. The highest BCUT2D eigenvalue weighted by Crippen LogP contribution is 2.67. The number of nitrogens with zero attached hydrogens (tertiary/aromatic N) is 1. The molecule has 32 heavy (non-hydrogen) atoms. The molecular weight excluding hydrogens is 394 g/mol. The molecule has 1 N–H and O–H groups in total. The average Bonchev–Trinajstić information content (AvgIpc) is 3.37. The number of rotatable bonds is 4. The molecule has 168 valence electrons. The molecule has 3 aliphatic rings. The van der Waals surface area contributed by atoms with Crippen LogP contribution in [0, 0.1) is 12.8 Å². The van der Waals surface area contributed by atoms with Crippen molar-refractivity contribution in [1.82, 2.24) is 4.98 Å². The number of hydrogen-bond donors (Lipinski definition) is 1. The number of hydrogen-bond acceptors (Lipinski definition) is 2. The standard InChI is InChI=1S/C29H35NO2/c1-18-14-23-24(28(4,5)13-12-27(23,2)3)15-22(18)29-11-10-19(25(29)16-29)6-8-21-9-7-20(17-30-21)26(31)32/h6-7,9,14-15,17,25H,8,10-13,16H2,1-5H3,(H,31,32)/b19-6+. The molecule has 0 spiro atoms. The van der Waals surface area contributed by atoms with E-state index < -0.39 is 5.97 Å². The monoisotopic (exact) mass is 429 g/mol. The Bertz CT molecular complexity index is 1120. The fourth-order valence-electron chi connectivity index (χ4n) is 6.45. The number of aryl methyl sites for hydroxylation is 1. The molecule has 0 aliphatic heterocycles. The maximum atomic E-state index is 11.0. The van der Waals surface area contributed by atoms with Crippen molar-refractivity contribution in [1.29, 1.82) is 0 Å². The summed E-state index contributed by atoms with van der Waals surface area (Å²) in [4.78, 5) is 15.4. The van der Waals surface area contributed by atoms with Crippen molar-refractivity contribution in [2.24, 2.45) is 5.92 Å². The second-order valence-electron chi connectivity index (χ2n) is 11.7. The fraction of sp³-hybridized carbons (Fsp3) is 0.517. The lowest BCUT2D eigenvalue weighted by atomic mass is 9.62. The van der Waals surface area contributed by atoms with Gasteiger partial charge in [-0.05, 0) is 90.2 Å². The van der Waals surface area contributed by atoms with Gasteiger partial charge in [-0.1, -0.05) is 51.5 Å². The van der Waals surface area contributed by atoms with Crippen molar-refractivity contribution in [3.63, 3.8) is 0 Å². The number of pyridine rings is 1. The molecule has 1 aromatic carbocycles. The van der Waals surface area contributed by atoms with E-state index in [1.807, 2.05) is 6.07 Å². The molecule has 3 nitrogen and oxygen atoms in total. The summed E-state index contributed by atoms with van der Waals surface area (Å²) in [5.41, 5.74) is 9.82. The summed E-state index contributed by atoms with van der Waals surface area (Å²) in [5, 5.41) is 9.06. The van der Waals surface area contributed by atoms with E-state index in [9.17, 15) is 4.79 Å². The third kappa shape index (κ3) is 3.32. The van der Waals surface area contributed by atoms with Crippen LogP contribution in [0.15, 0.2) is 42.1 Å². The van der Waals surface area contributed by atoms with Crippen molar-refractivity contribution in [3.05, 3.63) is 75.6 Å². The molecule has 2 aromatic rings. The minimum absolute atomic E-state index is 0.248. The van der Waals surface area contributed by atoms with Crippen molar-refractivity contribution < 1.29 is 9.90 Å². The number of aromatic carboxylic acids is 1. The van der Waals surface area contributed by atoms with Gasteiger partial charge in [-0.3, -0.25) is 4.98 Å². The van der Waals surface area contributed by atoms with Gasteiger partial charge in [0.2, 0.25) is 0 Å². The quantitative estimate of drug-likeness (QED) is 0.553. The highest BCUT2D eigenvalue weighted by Gasteiger charge is 2.60. The van der Waals surface area contributed by atoms with E-state index in [0.29, 0.717) is 11.3 Å². The van der Waals surface area contributed by atoms with Gasteiger partial charge in [0.15, 0.2) is 0 Å². The third-order valence-corrected chi connectivity index (χ3v) is 8.76. The van der Waals surface area contributed by atoms with Gasteiger partial charge in [-0.25, -0.2) is 4.79 Å². The van der Waals surface area contributed by atoms with E-state index in [0.717, 1.165) is 12.1 Å². The van der Waals surface area contributed by atoms with E-state index in [1.54, 1.807) is 28.3 Å². The highest BCUT2D eigenvalue weighted by molar-refractivity contribution is 5.87. The summed E-state index contributed by atoms with van der Waals surface area (Å²) in [6, 6.07) is 8.61. The third-order valence-electron chi connectivity index (χ3n) is 8.76. The molecule has 0 bridgehead atoms. The molecule has 0 radical (unpaired) electrons. The van der Waals surface area contributed by atoms with Gasteiger partial charge in [0.25, 0.3) is 0 Å². The van der Waals surface area contributed by atoms with Crippen molar-refractivity contribution >= 4 is 5.97 Å². The molecule has 1 heterocycles. The summed E-state index contributed by atoms with van der Waals surface area (Å²) < 4.78 is 0. The number of fused-ring (bicyclic) bond motifs is 2. The van der Waals surface area contributed by atoms with Crippen molar-refractivity contribution in [2.75, 3.05) is 0 Å². The Morgan fingerprint density at radius 2 is 1.75 bits per heavy atom. The van der Waals surface area contributed by atoms with Crippen LogP contribution in [-0.4, -0.2) is 16.1 Å². The molecular formula is C29H35NO2. The van der Waals surface area contributed by atoms with Crippen LogP contribution in [0.2, 0.25) is 0 Å². The molecule has 0 amide bonds. The molecule has 2 unspecified atom stereocenters. The average molecular weight is 430 g/mol. The zero-order valence-corrected chi connectivity index (χ0v) is 20.1. The van der Waals surface area contributed by atoms with Gasteiger partial charge in [0.1, 0.15) is 0 Å². The first-order valence-electron chi connectivity index (χ1n) is 12.1. The largest absolute Gasteiger partial charge is 0.478 e. The number of carboxylic acids is 1. The van der Waals surface area contributed by atoms with Crippen LogP contribution in [0.3, 0.4) is 0 Å². The summed E-state index contributed by atoms with van der Waals surface area (Å²) in [6.45, 7) is 12.0. The number of carboxylic acid groups (broad SMARTS) is 1. The Labute approximate surface area is 192 Å². The van der Waals surface area contributed by atoms with Crippen LogP contribution in [-0.2, 0) is 22.7 Å². The Balaban J connectivity index is 1.41. The number of aromatic nitrogens is 1. The Kier molecular flexibility index (Phi) is 4.71. The molecule has 5 rings (SSSR count). The van der Waals surface area contributed by atoms with Crippen LogP contribution in [0.4, 0.5) is 0 Å². The number of benzene rings is 1. The first-order valence-corrected chi connectivity index (χ1v) is 12.1. The predicted molar refractivity (Wildman–Crippen MR) is 128 cm³/mol. The second-order valence-corrected chi connectivity index (χ2v) is 11.7. The lowest BCUT2D eigenvalue weighted by molar-refractivity contribution is 0.0696. The van der Waals surface area contributed by atoms with Gasteiger partial charge in [-0.15, -0.1) is 0 Å². The van der Waals surface area contributed by atoms with E-state index >= 15 is 0 Å². The Morgan fingerprint density at radius 3 is 2.34 bits per heavy atom. The smallest absolute Gasteiger partial charge is 0.337 e. The second kappa shape index (κ2) is 7.04. The molecule has 3 aliphatic carbocycles. The van der Waals surface area contributed by atoms with E-state index in [-0.39, 0.29) is 16.4 Å². The van der Waals surface area contributed by atoms with Crippen molar-refractivity contribution in [2.45, 2.75) is 89.4 Å². The Morgan fingerprint density at radius 1 is 1.06 bits per heavy atom. The van der Waals surface area contributed by atoms with E-state index in [1.165, 1.54) is 43.9 Å². The predicted octanol–water partition coefficient (Wildman–Crippen LogP) is 6.66. The molecule has 2 atom stereocenters. The highest BCUT2D eigenvalue weighted by atomic mass is 16.4. The maximum absolute atomic E-state index is 11.0. The zero-order chi connectivity index (χ0) is 22.9. The number of allylic oxidation sites excluding steroid dienone is 2. The van der Waals surface area contributed by atoms with Gasteiger partial charge >= 0.3 is 5.97 Å². The molecule has 1 aromatic heterocycles. The van der Waals surface area contributed by atoms with Crippen molar-refractivity contribution in [3.8, 4) is 0 Å². The first kappa shape index (κ1) is 21.4. The van der Waals surface area contributed by atoms with Crippen LogP contribution in [0.1, 0.15) is 98.1 Å². The minimum Gasteiger partial charge on any atom is -0.478 e. The molecule has 0 saturated heterocycles. The molecule has 2 fully saturated rings. The molecule has 2 saturated carbocycles. The van der Waals surface area contributed by atoms with Crippen LogP contribution < -0.4 is 0 Å². The lowest BCUT2D eigenvalue weighted by Crippen LogP contribution is -2.34. The van der Waals surface area contributed by atoms with Crippen LogP contribution in [0.5, 0.6) is 0 Å². The summed E-state index contributed by atoms with van der Waals surface area (Å²) in [5.74, 6) is -0.259. The normalized spacial score (nSPS) is 28.3. The maximum Gasteiger partial charge on any atom is 0.337 e. The SMILES string of the molecule is Cc1cc2c(cc1C13CC/C(=C\Cc4ccc(C(=O)O)cn4)C1C3)C(C)(C)CCC2(C)C. The van der Waals surface area contributed by atoms with Crippen LogP contribution >= 0.6 is 0 Å². The van der Waals surface area contributed by atoms with Gasteiger partial charge < -0.3 is 5.11 Å². The van der Waals surface area contributed by atoms with Crippen LogP contribution in [0.25, 0.3) is 0 Å². The topological polar surface area (TPSA) is 50.2 Å². The number of carbonyl (C=O) groups is 1. The Hall–Kier alpha value is -2.42. The lowest BCUT2D eigenvalue weighted by Gasteiger charge is -2.43. The molecule has 3 heteroatoms. The van der Waals surface area contributed by atoms with E-state index in [4.69, 9.17) is 5.11 Å².